The standard InChI is InChI=1S/C12H11N5O4S/c1-21-11(18)10-7(3-2-4-8(10)17(19)20)5-14-16-12-15-9(13)6-22-12/h2-6H,13H2,1H3,(H,15,16). The van der Waals surface area contributed by atoms with Crippen LogP contribution in [0.4, 0.5) is 16.6 Å². The van der Waals surface area contributed by atoms with Crippen LogP contribution in [0.3, 0.4) is 0 Å². The number of nitrogens with zero attached hydrogens (tertiary/aromatic N) is 3. The summed E-state index contributed by atoms with van der Waals surface area (Å²) in [5.41, 5.74) is 7.82. The van der Waals surface area contributed by atoms with E-state index in [1.54, 1.807) is 5.38 Å². The van der Waals surface area contributed by atoms with E-state index in [4.69, 9.17) is 5.73 Å². The number of anilines is 2. The Morgan fingerprint density at radius 3 is 2.95 bits per heavy atom. The van der Waals surface area contributed by atoms with Crippen LogP contribution in [-0.4, -0.2) is 29.2 Å². The summed E-state index contributed by atoms with van der Waals surface area (Å²) in [6, 6.07) is 4.19. The molecule has 9 nitrogen and oxygen atoms in total. The van der Waals surface area contributed by atoms with Crippen LogP contribution in [0.5, 0.6) is 0 Å². The molecule has 0 spiro atoms. The summed E-state index contributed by atoms with van der Waals surface area (Å²) in [6.07, 6.45) is 1.27. The molecule has 1 aromatic carbocycles. The quantitative estimate of drug-likeness (QED) is 0.371. The van der Waals surface area contributed by atoms with Crippen molar-refractivity contribution in [1.29, 1.82) is 0 Å². The van der Waals surface area contributed by atoms with E-state index in [0.717, 1.165) is 7.11 Å². The number of nitro groups is 1. The predicted molar refractivity (Wildman–Crippen MR) is 82.2 cm³/mol. The lowest BCUT2D eigenvalue weighted by Gasteiger charge is -2.04. The SMILES string of the molecule is COC(=O)c1c(C=NNc2nc(N)cs2)cccc1[N+](=O)[O-]. The van der Waals surface area contributed by atoms with Crippen LogP contribution in [0.15, 0.2) is 28.7 Å². The molecule has 3 N–H and O–H groups in total. The predicted octanol–water partition coefficient (Wildman–Crippen LogP) is 1.87. The van der Waals surface area contributed by atoms with Crippen molar-refractivity contribution >= 4 is 40.2 Å². The van der Waals surface area contributed by atoms with Crippen molar-refractivity contribution < 1.29 is 14.5 Å². The second-order valence-electron chi connectivity index (χ2n) is 3.94. The number of methoxy groups -OCH3 is 1. The van der Waals surface area contributed by atoms with Gasteiger partial charge in [0.2, 0.25) is 5.13 Å². The van der Waals surface area contributed by atoms with Crippen molar-refractivity contribution in [2.24, 2.45) is 5.10 Å². The highest BCUT2D eigenvalue weighted by atomic mass is 32.1. The van der Waals surface area contributed by atoms with Crippen LogP contribution in [0, 0.1) is 10.1 Å². The first kappa shape index (κ1) is 15.4. The molecule has 0 fully saturated rings. The number of thiazole rings is 1. The van der Waals surface area contributed by atoms with Gasteiger partial charge in [0.15, 0.2) is 0 Å². The van der Waals surface area contributed by atoms with Crippen LogP contribution in [-0.2, 0) is 4.74 Å². The normalized spacial score (nSPS) is 10.6. The van der Waals surface area contributed by atoms with Gasteiger partial charge in [-0.25, -0.2) is 9.78 Å². The van der Waals surface area contributed by atoms with Gasteiger partial charge in [-0.05, 0) is 0 Å². The first-order valence-electron chi connectivity index (χ1n) is 5.88. The molecule has 1 heterocycles. The molecule has 2 rings (SSSR count). The zero-order chi connectivity index (χ0) is 16.1. The molecule has 114 valence electrons. The average molecular weight is 321 g/mol. The number of esters is 1. The number of ether oxygens (including phenoxy) is 1. The van der Waals surface area contributed by atoms with Gasteiger partial charge in [0, 0.05) is 17.0 Å². The number of carbonyl (C=O) groups is 1. The third kappa shape index (κ3) is 3.35. The number of benzene rings is 1. The molecular formula is C12H11N5O4S. The molecule has 2 aromatic rings. The Morgan fingerprint density at radius 1 is 1.59 bits per heavy atom. The summed E-state index contributed by atoms with van der Waals surface area (Å²) in [4.78, 5) is 26.0. The molecule has 1 aromatic heterocycles. The number of nitrogens with two attached hydrogens (primary N) is 1. The topological polar surface area (TPSA) is 133 Å². The minimum absolute atomic E-state index is 0.167. The van der Waals surface area contributed by atoms with Gasteiger partial charge in [0.25, 0.3) is 5.69 Å². The molecular weight excluding hydrogens is 310 g/mol. The van der Waals surface area contributed by atoms with Gasteiger partial charge in [0.1, 0.15) is 11.4 Å². The summed E-state index contributed by atoms with van der Waals surface area (Å²) in [5.74, 6) is -0.458. The molecule has 0 bridgehead atoms. The highest BCUT2D eigenvalue weighted by Gasteiger charge is 2.23. The van der Waals surface area contributed by atoms with Gasteiger partial charge in [0.05, 0.1) is 18.2 Å². The van der Waals surface area contributed by atoms with E-state index in [9.17, 15) is 14.9 Å². The Bertz CT molecular complexity index is 743. The maximum absolute atomic E-state index is 11.8. The second-order valence-corrected chi connectivity index (χ2v) is 4.80. The zero-order valence-electron chi connectivity index (χ0n) is 11.3. The minimum Gasteiger partial charge on any atom is -0.465 e. The summed E-state index contributed by atoms with van der Waals surface area (Å²) in [7, 11) is 1.15. The Kier molecular flexibility index (Phi) is 4.63. The van der Waals surface area contributed by atoms with Crippen molar-refractivity contribution in [3.63, 3.8) is 0 Å². The van der Waals surface area contributed by atoms with Gasteiger partial charge in [-0.15, -0.1) is 11.3 Å². The Balaban J connectivity index is 2.31. The van der Waals surface area contributed by atoms with E-state index in [0.29, 0.717) is 10.9 Å². The third-order valence-electron chi connectivity index (χ3n) is 2.55. The first-order chi connectivity index (χ1) is 10.5. The molecule has 0 atom stereocenters. The molecule has 0 saturated heterocycles. The van der Waals surface area contributed by atoms with Gasteiger partial charge in [-0.1, -0.05) is 12.1 Å². The molecule has 22 heavy (non-hydrogen) atoms. The lowest BCUT2D eigenvalue weighted by molar-refractivity contribution is -0.385. The zero-order valence-corrected chi connectivity index (χ0v) is 12.2. The van der Waals surface area contributed by atoms with Gasteiger partial charge >= 0.3 is 5.97 Å². The van der Waals surface area contributed by atoms with Crippen LogP contribution < -0.4 is 11.2 Å². The average Bonchev–Trinajstić information content (AvgIpc) is 2.91. The van der Waals surface area contributed by atoms with E-state index in [2.05, 4.69) is 20.2 Å². The maximum atomic E-state index is 11.8. The van der Waals surface area contributed by atoms with Crippen molar-refractivity contribution in [2.45, 2.75) is 0 Å². The van der Waals surface area contributed by atoms with E-state index >= 15 is 0 Å². The number of aromatic nitrogens is 1. The minimum atomic E-state index is -0.813. The van der Waals surface area contributed by atoms with E-state index in [-0.39, 0.29) is 16.8 Å². The van der Waals surface area contributed by atoms with E-state index < -0.39 is 10.9 Å². The van der Waals surface area contributed by atoms with Gasteiger partial charge in [-0.2, -0.15) is 5.10 Å². The number of hydrazone groups is 1. The smallest absolute Gasteiger partial charge is 0.345 e. The molecule has 0 aliphatic carbocycles. The fourth-order valence-electron chi connectivity index (χ4n) is 1.64. The summed E-state index contributed by atoms with van der Waals surface area (Å²) in [6.45, 7) is 0. The van der Waals surface area contributed by atoms with E-state index in [1.807, 2.05) is 0 Å². The number of hydrogen-bond acceptors (Lipinski definition) is 9. The van der Waals surface area contributed by atoms with Crippen molar-refractivity contribution in [2.75, 3.05) is 18.3 Å². The van der Waals surface area contributed by atoms with Crippen LogP contribution in [0.25, 0.3) is 0 Å². The summed E-state index contributed by atoms with van der Waals surface area (Å²) >= 11 is 1.25. The lowest BCUT2D eigenvalue weighted by atomic mass is 10.1. The first-order valence-corrected chi connectivity index (χ1v) is 6.76. The van der Waals surface area contributed by atoms with Gasteiger partial charge in [-0.3, -0.25) is 15.5 Å². The molecule has 0 amide bonds. The maximum Gasteiger partial charge on any atom is 0.345 e. The number of nitrogens with one attached hydrogen (secondary N) is 1. The van der Waals surface area contributed by atoms with Crippen molar-refractivity contribution in [3.05, 3.63) is 44.8 Å². The number of hydrogen-bond donors (Lipinski definition) is 2. The van der Waals surface area contributed by atoms with Crippen LogP contribution >= 0.6 is 11.3 Å². The van der Waals surface area contributed by atoms with Crippen molar-refractivity contribution in [1.82, 2.24) is 4.98 Å². The largest absolute Gasteiger partial charge is 0.465 e. The number of nitro benzene ring substituents is 1. The molecule has 0 saturated carbocycles. The second kappa shape index (κ2) is 6.63. The number of nitrogen functional groups attached to an aromatic ring is 1. The monoisotopic (exact) mass is 321 g/mol. The molecule has 0 aliphatic heterocycles. The van der Waals surface area contributed by atoms with Crippen molar-refractivity contribution in [3.8, 4) is 0 Å². The summed E-state index contributed by atoms with van der Waals surface area (Å²) in [5, 5.41) is 17.0. The highest BCUT2D eigenvalue weighted by molar-refractivity contribution is 7.14. The summed E-state index contributed by atoms with van der Waals surface area (Å²) < 4.78 is 4.58. The Labute approximate surface area is 128 Å². The van der Waals surface area contributed by atoms with Crippen LogP contribution in [0.1, 0.15) is 15.9 Å². The van der Waals surface area contributed by atoms with Crippen LogP contribution in [0.2, 0.25) is 0 Å². The highest BCUT2D eigenvalue weighted by Crippen LogP contribution is 2.22. The molecule has 0 unspecified atom stereocenters. The molecule has 0 aliphatic rings. The third-order valence-corrected chi connectivity index (χ3v) is 3.31. The van der Waals surface area contributed by atoms with E-state index in [1.165, 1.54) is 35.8 Å². The fourth-order valence-corrected chi connectivity index (χ4v) is 2.18. The number of carbonyl (C=O) groups excluding carboxylic acids is 1. The molecule has 10 heteroatoms. The Hall–Kier alpha value is -3.01. The molecule has 0 radical (unpaired) electrons. The number of rotatable bonds is 5. The Morgan fingerprint density at radius 2 is 2.36 bits per heavy atom. The lowest BCUT2D eigenvalue weighted by Crippen LogP contribution is -2.09. The van der Waals surface area contributed by atoms with Gasteiger partial charge < -0.3 is 10.5 Å². The fraction of sp³-hybridized carbons (Fsp3) is 0.0833.